The van der Waals surface area contributed by atoms with E-state index in [1.165, 1.54) is 12.1 Å². The highest BCUT2D eigenvalue weighted by Crippen LogP contribution is 2.41. The molecule has 0 N–H and O–H groups in total. The van der Waals surface area contributed by atoms with E-state index in [9.17, 15) is 8.42 Å². The first-order valence-electron chi connectivity index (χ1n) is 9.69. The van der Waals surface area contributed by atoms with Crippen LogP contribution in [0.25, 0.3) is 12.2 Å². The summed E-state index contributed by atoms with van der Waals surface area (Å²) < 4.78 is 42.1. The minimum absolute atomic E-state index is 0.106. The summed E-state index contributed by atoms with van der Waals surface area (Å²) in [5, 5.41) is 0. The van der Waals surface area contributed by atoms with Gasteiger partial charge in [0.2, 0.25) is 0 Å². The van der Waals surface area contributed by atoms with E-state index in [0.717, 1.165) is 33.8 Å². The van der Waals surface area contributed by atoms with Gasteiger partial charge in [0.25, 0.3) is 0 Å². The van der Waals surface area contributed by atoms with E-state index in [4.69, 9.17) is 13.7 Å². The molecule has 0 saturated carbocycles. The molecule has 2 aliphatic rings. The molecule has 5 nitrogen and oxygen atoms in total. The Bertz CT molecular complexity index is 1170. The number of ether oxygens (including phenoxy) is 2. The van der Waals surface area contributed by atoms with Crippen LogP contribution >= 0.6 is 0 Å². The zero-order valence-corrected chi connectivity index (χ0v) is 18.1. The number of rotatable bonds is 5. The molecule has 156 valence electrons. The van der Waals surface area contributed by atoms with Crippen LogP contribution in [0.15, 0.2) is 65.3 Å². The van der Waals surface area contributed by atoms with Crippen LogP contribution in [0.1, 0.15) is 37.0 Å². The SMILES string of the molecule is C=C(CC1=Cc2ccc3c(c2OC1)C=CC(C)(C)O3)OS(=O)(=O)c1ccc(C)cc1. The zero-order valence-electron chi connectivity index (χ0n) is 17.3. The van der Waals surface area contributed by atoms with Gasteiger partial charge in [-0.15, -0.1) is 0 Å². The Morgan fingerprint density at radius 3 is 2.63 bits per heavy atom. The first-order chi connectivity index (χ1) is 14.1. The van der Waals surface area contributed by atoms with E-state index in [2.05, 4.69) is 6.58 Å². The summed E-state index contributed by atoms with van der Waals surface area (Å²) >= 11 is 0. The number of aryl methyl sites for hydroxylation is 1. The molecule has 0 amide bonds. The first kappa shape index (κ1) is 20.3. The van der Waals surface area contributed by atoms with Crippen LogP contribution in [0.2, 0.25) is 0 Å². The molecule has 0 unspecified atom stereocenters. The van der Waals surface area contributed by atoms with Crippen LogP contribution < -0.4 is 9.47 Å². The highest BCUT2D eigenvalue weighted by Gasteiger charge is 2.26. The lowest BCUT2D eigenvalue weighted by Crippen LogP contribution is -2.27. The Hall–Kier alpha value is -2.99. The van der Waals surface area contributed by atoms with E-state index in [0.29, 0.717) is 6.61 Å². The van der Waals surface area contributed by atoms with Crippen molar-refractivity contribution >= 4 is 22.3 Å². The maximum Gasteiger partial charge on any atom is 0.338 e. The zero-order chi connectivity index (χ0) is 21.5. The minimum Gasteiger partial charge on any atom is -0.488 e. The summed E-state index contributed by atoms with van der Waals surface area (Å²) in [6.45, 7) is 10.0. The van der Waals surface area contributed by atoms with Crippen LogP contribution in [0.5, 0.6) is 11.5 Å². The van der Waals surface area contributed by atoms with Crippen molar-refractivity contribution in [1.29, 1.82) is 0 Å². The second-order valence-corrected chi connectivity index (χ2v) is 9.64. The van der Waals surface area contributed by atoms with Crippen LogP contribution in [0, 0.1) is 6.92 Å². The van der Waals surface area contributed by atoms with Gasteiger partial charge in [-0.25, -0.2) is 0 Å². The first-order valence-corrected chi connectivity index (χ1v) is 11.1. The fraction of sp³-hybridized carbons (Fsp3) is 0.250. The normalized spacial score (nSPS) is 16.4. The highest BCUT2D eigenvalue weighted by atomic mass is 32.2. The molecule has 0 radical (unpaired) electrons. The lowest BCUT2D eigenvalue weighted by Gasteiger charge is -2.30. The van der Waals surface area contributed by atoms with Gasteiger partial charge in [-0.1, -0.05) is 24.3 Å². The fourth-order valence-electron chi connectivity index (χ4n) is 3.44. The third kappa shape index (κ3) is 4.14. The Morgan fingerprint density at radius 1 is 1.17 bits per heavy atom. The molecule has 2 aliphatic heterocycles. The van der Waals surface area contributed by atoms with Crippen molar-refractivity contribution in [2.75, 3.05) is 6.61 Å². The van der Waals surface area contributed by atoms with Crippen molar-refractivity contribution in [3.05, 3.63) is 77.1 Å². The van der Waals surface area contributed by atoms with Crippen LogP contribution in [-0.4, -0.2) is 20.6 Å². The summed E-state index contributed by atoms with van der Waals surface area (Å²) in [7, 11) is -3.90. The van der Waals surface area contributed by atoms with Gasteiger partial charge in [-0.3, -0.25) is 0 Å². The largest absolute Gasteiger partial charge is 0.488 e. The molecule has 30 heavy (non-hydrogen) atoms. The predicted molar refractivity (Wildman–Crippen MR) is 117 cm³/mol. The van der Waals surface area contributed by atoms with Gasteiger partial charge in [0.1, 0.15) is 34.4 Å². The topological polar surface area (TPSA) is 61.8 Å². The average molecular weight is 425 g/mol. The van der Waals surface area contributed by atoms with Gasteiger partial charge < -0.3 is 13.7 Å². The van der Waals surface area contributed by atoms with E-state index in [-0.39, 0.29) is 22.7 Å². The molecule has 0 aromatic heterocycles. The molecule has 0 aliphatic carbocycles. The highest BCUT2D eigenvalue weighted by molar-refractivity contribution is 7.86. The van der Waals surface area contributed by atoms with E-state index >= 15 is 0 Å². The molecule has 6 heteroatoms. The molecular formula is C24H24O5S. The molecule has 2 heterocycles. The van der Waals surface area contributed by atoms with Crippen LogP contribution in [0.4, 0.5) is 0 Å². The average Bonchev–Trinajstić information content (AvgIpc) is 2.66. The lowest BCUT2D eigenvalue weighted by molar-refractivity contribution is 0.158. The molecule has 4 rings (SSSR count). The smallest absolute Gasteiger partial charge is 0.338 e. The molecule has 0 atom stereocenters. The number of benzene rings is 2. The standard InChI is InChI=1S/C24H24O5S/c1-16-5-8-20(9-6-16)30(25,26)29-17(2)13-18-14-19-7-10-22-21(23(19)27-15-18)11-12-24(3,4)28-22/h5-12,14H,2,13,15H2,1,3-4H3. The number of allylic oxidation sites excluding steroid dienone is 1. The van der Waals surface area contributed by atoms with Crippen molar-refractivity contribution in [1.82, 2.24) is 0 Å². The molecule has 0 fully saturated rings. The monoisotopic (exact) mass is 424 g/mol. The van der Waals surface area contributed by atoms with Gasteiger partial charge in [0, 0.05) is 12.0 Å². The van der Waals surface area contributed by atoms with Gasteiger partial charge in [0.05, 0.1) is 5.56 Å². The summed E-state index contributed by atoms with van der Waals surface area (Å²) in [5.41, 5.74) is 3.33. The van der Waals surface area contributed by atoms with Gasteiger partial charge in [-0.05, 0) is 68.8 Å². The lowest BCUT2D eigenvalue weighted by atomic mass is 9.97. The van der Waals surface area contributed by atoms with E-state index in [1.54, 1.807) is 12.1 Å². The van der Waals surface area contributed by atoms with Crippen molar-refractivity contribution in [3.8, 4) is 11.5 Å². The number of hydrogen-bond acceptors (Lipinski definition) is 5. The fourth-order valence-corrected chi connectivity index (χ4v) is 4.38. The van der Waals surface area contributed by atoms with E-state index in [1.807, 2.05) is 51.1 Å². The Morgan fingerprint density at radius 2 is 1.90 bits per heavy atom. The van der Waals surface area contributed by atoms with Crippen molar-refractivity contribution in [2.45, 2.75) is 37.7 Å². The predicted octanol–water partition coefficient (Wildman–Crippen LogP) is 5.26. The second kappa shape index (κ2) is 7.36. The Balaban J connectivity index is 1.50. The van der Waals surface area contributed by atoms with Crippen molar-refractivity contribution in [2.24, 2.45) is 0 Å². The van der Waals surface area contributed by atoms with Crippen LogP contribution in [0.3, 0.4) is 0 Å². The van der Waals surface area contributed by atoms with E-state index < -0.39 is 10.1 Å². The third-order valence-corrected chi connectivity index (χ3v) is 6.24. The summed E-state index contributed by atoms with van der Waals surface area (Å²) in [5.74, 6) is 1.70. The van der Waals surface area contributed by atoms with Gasteiger partial charge >= 0.3 is 10.1 Å². The quantitative estimate of drug-likeness (QED) is 0.484. The molecule has 0 spiro atoms. The molecule has 2 aromatic rings. The summed E-state index contributed by atoms with van der Waals surface area (Å²) in [4.78, 5) is 0.106. The number of hydrogen-bond donors (Lipinski definition) is 0. The second-order valence-electron chi connectivity index (χ2n) is 8.09. The van der Waals surface area contributed by atoms with Crippen molar-refractivity contribution in [3.63, 3.8) is 0 Å². The van der Waals surface area contributed by atoms with Crippen LogP contribution in [-0.2, 0) is 14.3 Å². The minimum atomic E-state index is -3.90. The Kier molecular flexibility index (Phi) is 4.98. The molecule has 2 aromatic carbocycles. The van der Waals surface area contributed by atoms with Gasteiger partial charge in [-0.2, -0.15) is 8.42 Å². The molecular weight excluding hydrogens is 400 g/mol. The van der Waals surface area contributed by atoms with Crippen molar-refractivity contribution < 1.29 is 22.1 Å². The maximum absolute atomic E-state index is 12.5. The summed E-state index contributed by atoms with van der Waals surface area (Å²) in [6.07, 6.45) is 6.28. The third-order valence-electron chi connectivity index (χ3n) is 4.93. The molecule has 0 saturated heterocycles. The summed E-state index contributed by atoms with van der Waals surface area (Å²) in [6, 6.07) is 10.4. The maximum atomic E-state index is 12.5. The Labute approximate surface area is 177 Å². The van der Waals surface area contributed by atoms with Gasteiger partial charge in [0.15, 0.2) is 0 Å². The molecule has 0 bridgehead atoms. The number of fused-ring (bicyclic) bond motifs is 3.